The first-order valence-electron chi connectivity index (χ1n) is 7.32. The van der Waals surface area contributed by atoms with Gasteiger partial charge in [-0.1, -0.05) is 25.1 Å². The number of nitrogens with zero attached hydrogens (tertiary/aromatic N) is 1. The predicted molar refractivity (Wildman–Crippen MR) is 78.3 cm³/mol. The lowest BCUT2D eigenvalue weighted by atomic mass is 10.0. The lowest BCUT2D eigenvalue weighted by Crippen LogP contribution is -2.41. The van der Waals surface area contributed by atoms with Crippen LogP contribution in [0, 0.1) is 0 Å². The summed E-state index contributed by atoms with van der Waals surface area (Å²) in [5, 5.41) is 8.60. The molecule has 1 aliphatic heterocycles. The van der Waals surface area contributed by atoms with Gasteiger partial charge in [-0.15, -0.1) is 0 Å². The molecule has 1 aromatic carbocycles. The Balaban J connectivity index is 1.92. The normalized spacial score (nSPS) is 16.0. The quantitative estimate of drug-likeness (QED) is 0.900. The van der Waals surface area contributed by atoms with E-state index < -0.39 is 5.97 Å². The van der Waals surface area contributed by atoms with E-state index in [-0.39, 0.29) is 18.6 Å². The van der Waals surface area contributed by atoms with Crippen molar-refractivity contribution < 1.29 is 19.4 Å². The summed E-state index contributed by atoms with van der Waals surface area (Å²) in [7, 11) is 0. The minimum Gasteiger partial charge on any atom is -0.480 e. The monoisotopic (exact) mass is 291 g/mol. The van der Waals surface area contributed by atoms with E-state index >= 15 is 0 Å². The number of amides is 1. The molecule has 0 bridgehead atoms. The van der Waals surface area contributed by atoms with Crippen LogP contribution in [0.3, 0.4) is 0 Å². The van der Waals surface area contributed by atoms with Crippen LogP contribution in [-0.4, -0.2) is 47.7 Å². The lowest BCUT2D eigenvalue weighted by molar-refractivity contribution is -0.145. The fraction of sp³-hybridized carbons (Fsp3) is 0.500. The van der Waals surface area contributed by atoms with Crippen LogP contribution in [-0.2, 0) is 16.0 Å². The maximum absolute atomic E-state index is 12.5. The van der Waals surface area contributed by atoms with Crippen molar-refractivity contribution in [1.29, 1.82) is 0 Å². The SMILES string of the molecule is CCc1ccccc1C(=O)N1CCC(OCC(=O)O)CC1. The van der Waals surface area contributed by atoms with Gasteiger partial charge in [-0.3, -0.25) is 4.79 Å². The molecule has 0 unspecified atom stereocenters. The zero-order valence-corrected chi connectivity index (χ0v) is 12.2. The van der Waals surface area contributed by atoms with Crippen LogP contribution in [0.5, 0.6) is 0 Å². The molecule has 2 rings (SSSR count). The molecule has 1 amide bonds. The molecule has 1 aliphatic rings. The van der Waals surface area contributed by atoms with Gasteiger partial charge in [0.1, 0.15) is 6.61 Å². The van der Waals surface area contributed by atoms with E-state index in [2.05, 4.69) is 0 Å². The second kappa shape index (κ2) is 7.22. The van der Waals surface area contributed by atoms with E-state index in [0.29, 0.717) is 25.9 Å². The molecule has 0 radical (unpaired) electrons. The Morgan fingerprint density at radius 3 is 2.57 bits per heavy atom. The predicted octanol–water partition coefficient (Wildman–Crippen LogP) is 1.95. The third kappa shape index (κ3) is 4.04. The van der Waals surface area contributed by atoms with Crippen LogP contribution in [0.2, 0.25) is 0 Å². The fourth-order valence-electron chi connectivity index (χ4n) is 2.62. The van der Waals surface area contributed by atoms with Gasteiger partial charge in [0.25, 0.3) is 5.91 Å². The highest BCUT2D eigenvalue weighted by Crippen LogP contribution is 2.18. The Morgan fingerprint density at radius 1 is 1.29 bits per heavy atom. The summed E-state index contributed by atoms with van der Waals surface area (Å²) in [5.74, 6) is -0.894. The van der Waals surface area contributed by atoms with Crippen molar-refractivity contribution in [2.75, 3.05) is 19.7 Å². The van der Waals surface area contributed by atoms with Gasteiger partial charge in [0.2, 0.25) is 0 Å². The number of carbonyl (C=O) groups is 2. The molecule has 1 heterocycles. The second-order valence-corrected chi connectivity index (χ2v) is 5.21. The number of hydrogen-bond acceptors (Lipinski definition) is 3. The highest BCUT2D eigenvalue weighted by Gasteiger charge is 2.25. The van der Waals surface area contributed by atoms with E-state index in [1.165, 1.54) is 0 Å². The third-order valence-corrected chi connectivity index (χ3v) is 3.80. The molecule has 0 spiro atoms. The van der Waals surface area contributed by atoms with Crippen molar-refractivity contribution in [1.82, 2.24) is 4.90 Å². The smallest absolute Gasteiger partial charge is 0.329 e. The molecule has 1 N–H and O–H groups in total. The van der Waals surface area contributed by atoms with Crippen molar-refractivity contribution in [3.63, 3.8) is 0 Å². The summed E-state index contributed by atoms with van der Waals surface area (Å²) in [4.78, 5) is 24.9. The van der Waals surface area contributed by atoms with E-state index in [1.54, 1.807) is 0 Å². The molecule has 0 saturated carbocycles. The molecule has 0 aliphatic carbocycles. The summed E-state index contributed by atoms with van der Waals surface area (Å²) in [6.07, 6.45) is 2.15. The highest BCUT2D eigenvalue weighted by molar-refractivity contribution is 5.95. The number of aliphatic carboxylic acids is 1. The van der Waals surface area contributed by atoms with Gasteiger partial charge < -0.3 is 14.7 Å². The second-order valence-electron chi connectivity index (χ2n) is 5.21. The Hall–Kier alpha value is -1.88. The Labute approximate surface area is 124 Å². The molecular weight excluding hydrogens is 270 g/mol. The number of rotatable bonds is 5. The summed E-state index contributed by atoms with van der Waals surface area (Å²) < 4.78 is 5.29. The fourth-order valence-corrected chi connectivity index (χ4v) is 2.62. The number of likely N-dealkylation sites (tertiary alicyclic amines) is 1. The molecule has 0 atom stereocenters. The van der Waals surface area contributed by atoms with Gasteiger partial charge in [-0.05, 0) is 30.9 Å². The molecule has 1 saturated heterocycles. The number of aryl methyl sites for hydroxylation is 1. The van der Waals surface area contributed by atoms with E-state index in [9.17, 15) is 9.59 Å². The average Bonchev–Trinajstić information content (AvgIpc) is 2.52. The van der Waals surface area contributed by atoms with Crippen molar-refractivity contribution in [3.8, 4) is 0 Å². The van der Waals surface area contributed by atoms with Gasteiger partial charge in [-0.2, -0.15) is 0 Å². The van der Waals surface area contributed by atoms with Crippen LogP contribution in [0.4, 0.5) is 0 Å². The highest BCUT2D eigenvalue weighted by atomic mass is 16.5. The van der Waals surface area contributed by atoms with Crippen LogP contribution in [0.25, 0.3) is 0 Å². The molecule has 5 nitrogen and oxygen atoms in total. The Morgan fingerprint density at radius 2 is 1.95 bits per heavy atom. The first kappa shape index (κ1) is 15.5. The summed E-state index contributed by atoms with van der Waals surface area (Å²) in [6, 6.07) is 7.68. The molecule has 114 valence electrons. The molecular formula is C16H21NO4. The number of benzene rings is 1. The zero-order valence-electron chi connectivity index (χ0n) is 12.2. The number of carboxylic acids is 1. The first-order chi connectivity index (χ1) is 10.1. The Bertz CT molecular complexity index is 507. The van der Waals surface area contributed by atoms with E-state index in [4.69, 9.17) is 9.84 Å². The molecule has 1 fully saturated rings. The first-order valence-corrected chi connectivity index (χ1v) is 7.32. The minimum absolute atomic E-state index is 0.0594. The van der Waals surface area contributed by atoms with Gasteiger partial charge in [0.15, 0.2) is 0 Å². The maximum Gasteiger partial charge on any atom is 0.329 e. The van der Waals surface area contributed by atoms with E-state index in [0.717, 1.165) is 17.5 Å². The number of piperidine rings is 1. The van der Waals surface area contributed by atoms with Crippen LogP contribution >= 0.6 is 0 Å². The third-order valence-electron chi connectivity index (χ3n) is 3.80. The number of hydrogen-bond donors (Lipinski definition) is 1. The number of ether oxygens (including phenoxy) is 1. The maximum atomic E-state index is 12.5. The minimum atomic E-state index is -0.953. The van der Waals surface area contributed by atoms with Crippen LogP contribution in [0.1, 0.15) is 35.7 Å². The van der Waals surface area contributed by atoms with Crippen molar-refractivity contribution in [2.45, 2.75) is 32.3 Å². The molecule has 1 aromatic rings. The van der Waals surface area contributed by atoms with Crippen LogP contribution in [0.15, 0.2) is 24.3 Å². The van der Waals surface area contributed by atoms with Crippen molar-refractivity contribution in [3.05, 3.63) is 35.4 Å². The van der Waals surface area contributed by atoms with Crippen LogP contribution < -0.4 is 0 Å². The van der Waals surface area contributed by atoms with E-state index in [1.807, 2.05) is 36.1 Å². The van der Waals surface area contributed by atoms with Gasteiger partial charge in [-0.25, -0.2) is 4.79 Å². The number of carboxylic acid groups (broad SMARTS) is 1. The summed E-state index contributed by atoms with van der Waals surface area (Å²) in [6.45, 7) is 3.00. The average molecular weight is 291 g/mol. The standard InChI is InChI=1S/C16H21NO4/c1-2-12-5-3-4-6-14(12)16(20)17-9-7-13(8-10-17)21-11-15(18)19/h3-6,13H,2,7-11H2,1H3,(H,18,19). The largest absolute Gasteiger partial charge is 0.480 e. The number of carbonyl (C=O) groups excluding carboxylic acids is 1. The van der Waals surface area contributed by atoms with Gasteiger partial charge >= 0.3 is 5.97 Å². The summed E-state index contributed by atoms with van der Waals surface area (Å²) in [5.41, 5.74) is 1.83. The topological polar surface area (TPSA) is 66.8 Å². The van der Waals surface area contributed by atoms with Crippen molar-refractivity contribution >= 4 is 11.9 Å². The molecule has 0 aromatic heterocycles. The zero-order chi connectivity index (χ0) is 15.2. The lowest BCUT2D eigenvalue weighted by Gasteiger charge is -2.32. The summed E-state index contributed by atoms with van der Waals surface area (Å²) >= 11 is 0. The van der Waals surface area contributed by atoms with Crippen molar-refractivity contribution in [2.24, 2.45) is 0 Å². The Kier molecular flexibility index (Phi) is 5.33. The molecule has 21 heavy (non-hydrogen) atoms. The van der Waals surface area contributed by atoms with Gasteiger partial charge in [0.05, 0.1) is 6.10 Å². The molecule has 5 heteroatoms. The van der Waals surface area contributed by atoms with Gasteiger partial charge in [0, 0.05) is 18.7 Å².